The summed E-state index contributed by atoms with van der Waals surface area (Å²) in [4.78, 5) is 22.8. The zero-order chi connectivity index (χ0) is 14.7. The normalized spacial score (nSPS) is 10.8. The second kappa shape index (κ2) is 5.74. The molecule has 0 atom stereocenters. The Morgan fingerprint density at radius 3 is 2.86 bits per heavy atom. The number of H-pyrrole nitrogens is 1. The molecule has 0 radical (unpaired) electrons. The van der Waals surface area contributed by atoms with E-state index in [0.717, 1.165) is 23.6 Å². The van der Waals surface area contributed by atoms with Gasteiger partial charge < -0.3 is 15.2 Å². The third kappa shape index (κ3) is 2.62. The molecule has 0 saturated carbocycles. The predicted octanol–water partition coefficient (Wildman–Crippen LogP) is 1.82. The zero-order valence-electron chi connectivity index (χ0n) is 12.0. The molecule has 21 heavy (non-hydrogen) atoms. The smallest absolute Gasteiger partial charge is 0.226 e. The maximum atomic E-state index is 4.56. The first-order valence-electron chi connectivity index (χ1n) is 6.85. The highest BCUT2D eigenvalue weighted by atomic mass is 15.2. The van der Waals surface area contributed by atoms with Gasteiger partial charge in [-0.25, -0.2) is 4.98 Å². The van der Waals surface area contributed by atoms with Gasteiger partial charge in [0.25, 0.3) is 0 Å². The van der Waals surface area contributed by atoms with Crippen LogP contribution in [0.4, 0.5) is 11.8 Å². The lowest BCUT2D eigenvalue weighted by molar-refractivity contribution is 0.796. The van der Waals surface area contributed by atoms with Crippen LogP contribution in [-0.2, 0) is 6.54 Å². The van der Waals surface area contributed by atoms with Crippen LogP contribution >= 0.6 is 0 Å². The van der Waals surface area contributed by atoms with E-state index < -0.39 is 0 Å². The average molecular weight is 283 g/mol. The van der Waals surface area contributed by atoms with Crippen LogP contribution in [-0.4, -0.2) is 38.5 Å². The van der Waals surface area contributed by atoms with Crippen LogP contribution in [0, 0.1) is 0 Å². The molecule has 0 saturated heterocycles. The van der Waals surface area contributed by atoms with Gasteiger partial charge >= 0.3 is 0 Å². The zero-order valence-corrected chi connectivity index (χ0v) is 12.0. The Kier molecular flexibility index (Phi) is 3.63. The van der Waals surface area contributed by atoms with Crippen molar-refractivity contribution in [2.45, 2.75) is 13.5 Å². The fourth-order valence-corrected chi connectivity index (χ4v) is 2.18. The van der Waals surface area contributed by atoms with Crippen LogP contribution in [0.5, 0.6) is 0 Å². The Balaban J connectivity index is 2.01. The van der Waals surface area contributed by atoms with Crippen molar-refractivity contribution in [3.63, 3.8) is 0 Å². The number of nitrogens with one attached hydrogen (secondary N) is 2. The summed E-state index contributed by atoms with van der Waals surface area (Å²) in [5.74, 6) is 1.39. The third-order valence-corrected chi connectivity index (χ3v) is 3.25. The molecule has 0 aliphatic rings. The van der Waals surface area contributed by atoms with E-state index in [9.17, 15) is 0 Å². The Labute approximate surface area is 122 Å². The topological polar surface area (TPSA) is 82.6 Å². The van der Waals surface area contributed by atoms with Crippen molar-refractivity contribution < 1.29 is 0 Å². The Morgan fingerprint density at radius 1 is 1.24 bits per heavy atom. The molecule has 0 fully saturated rings. The summed E-state index contributed by atoms with van der Waals surface area (Å²) in [6, 6.07) is 5.91. The van der Waals surface area contributed by atoms with E-state index in [1.807, 2.05) is 18.2 Å². The fraction of sp³-hybridized carbons (Fsp3) is 0.286. The SMILES string of the molecule is CCN(Cc1ccccn1)c1nc(NC)nc2nc[nH]c12. The van der Waals surface area contributed by atoms with E-state index in [4.69, 9.17) is 0 Å². The number of rotatable bonds is 5. The first-order chi connectivity index (χ1) is 10.3. The van der Waals surface area contributed by atoms with E-state index in [1.54, 1.807) is 19.6 Å². The van der Waals surface area contributed by atoms with E-state index >= 15 is 0 Å². The van der Waals surface area contributed by atoms with Crippen molar-refractivity contribution in [1.82, 2.24) is 24.9 Å². The number of anilines is 2. The molecule has 3 aromatic heterocycles. The molecule has 0 unspecified atom stereocenters. The second-order valence-electron chi connectivity index (χ2n) is 4.56. The van der Waals surface area contributed by atoms with E-state index in [1.165, 1.54) is 0 Å². The molecule has 7 nitrogen and oxygen atoms in total. The van der Waals surface area contributed by atoms with Gasteiger partial charge in [-0.3, -0.25) is 4.98 Å². The van der Waals surface area contributed by atoms with Crippen LogP contribution in [0.2, 0.25) is 0 Å². The molecule has 3 aromatic rings. The van der Waals surface area contributed by atoms with Gasteiger partial charge in [-0.15, -0.1) is 0 Å². The highest BCUT2D eigenvalue weighted by Gasteiger charge is 2.15. The number of aromatic nitrogens is 5. The summed E-state index contributed by atoms with van der Waals surface area (Å²) in [6.45, 7) is 3.59. The lowest BCUT2D eigenvalue weighted by Crippen LogP contribution is -2.24. The van der Waals surface area contributed by atoms with Gasteiger partial charge in [0.15, 0.2) is 11.5 Å². The summed E-state index contributed by atoms with van der Waals surface area (Å²) in [5, 5.41) is 2.97. The molecule has 0 amide bonds. The summed E-state index contributed by atoms with van der Waals surface area (Å²) in [6.07, 6.45) is 3.44. The minimum absolute atomic E-state index is 0.559. The molecular formula is C14H17N7. The number of fused-ring (bicyclic) bond motifs is 1. The molecule has 0 aliphatic carbocycles. The monoisotopic (exact) mass is 283 g/mol. The second-order valence-corrected chi connectivity index (χ2v) is 4.56. The van der Waals surface area contributed by atoms with E-state index in [-0.39, 0.29) is 0 Å². The third-order valence-electron chi connectivity index (χ3n) is 3.25. The standard InChI is InChI=1S/C14H17N7/c1-3-21(8-10-6-4-5-7-16-10)13-11-12(18-9-17-11)19-14(15-2)20-13/h4-7,9H,3,8H2,1-2H3,(H2,15,17,18,19,20). The van der Waals surface area contributed by atoms with Crippen molar-refractivity contribution in [3.05, 3.63) is 36.4 Å². The largest absolute Gasteiger partial charge is 0.357 e. The predicted molar refractivity (Wildman–Crippen MR) is 82.2 cm³/mol. The Bertz CT molecular complexity index is 723. The highest BCUT2D eigenvalue weighted by molar-refractivity contribution is 5.84. The number of imidazole rings is 1. The molecular weight excluding hydrogens is 266 g/mol. The van der Waals surface area contributed by atoms with Crippen LogP contribution in [0.3, 0.4) is 0 Å². The summed E-state index contributed by atoms with van der Waals surface area (Å²) in [7, 11) is 1.80. The van der Waals surface area contributed by atoms with Crippen LogP contribution < -0.4 is 10.2 Å². The molecule has 0 spiro atoms. The molecule has 0 aromatic carbocycles. The molecule has 3 rings (SSSR count). The van der Waals surface area contributed by atoms with Crippen molar-refractivity contribution in [2.75, 3.05) is 23.8 Å². The van der Waals surface area contributed by atoms with E-state index in [2.05, 4.69) is 42.1 Å². The number of pyridine rings is 1. The molecule has 108 valence electrons. The summed E-state index contributed by atoms with van der Waals surface area (Å²) < 4.78 is 0. The van der Waals surface area contributed by atoms with Crippen molar-refractivity contribution in [3.8, 4) is 0 Å². The first-order valence-corrected chi connectivity index (χ1v) is 6.85. The lowest BCUT2D eigenvalue weighted by atomic mass is 10.3. The van der Waals surface area contributed by atoms with Crippen LogP contribution in [0.25, 0.3) is 11.2 Å². The quantitative estimate of drug-likeness (QED) is 0.743. The molecule has 0 bridgehead atoms. The average Bonchev–Trinajstić information content (AvgIpc) is 3.01. The maximum absolute atomic E-state index is 4.56. The maximum Gasteiger partial charge on any atom is 0.226 e. The molecule has 0 aliphatic heterocycles. The van der Waals surface area contributed by atoms with Gasteiger partial charge in [0, 0.05) is 19.8 Å². The molecule has 3 heterocycles. The first kappa shape index (κ1) is 13.3. The summed E-state index contributed by atoms with van der Waals surface area (Å²) in [5.41, 5.74) is 2.49. The Morgan fingerprint density at radius 2 is 2.14 bits per heavy atom. The number of aromatic amines is 1. The number of nitrogens with zero attached hydrogens (tertiary/aromatic N) is 5. The van der Waals surface area contributed by atoms with Crippen molar-refractivity contribution >= 4 is 22.9 Å². The van der Waals surface area contributed by atoms with Crippen molar-refractivity contribution in [2.24, 2.45) is 0 Å². The van der Waals surface area contributed by atoms with Gasteiger partial charge in [-0.2, -0.15) is 9.97 Å². The number of hydrogen-bond donors (Lipinski definition) is 2. The fourth-order valence-electron chi connectivity index (χ4n) is 2.18. The van der Waals surface area contributed by atoms with Crippen LogP contribution in [0.15, 0.2) is 30.7 Å². The van der Waals surface area contributed by atoms with Crippen molar-refractivity contribution in [1.29, 1.82) is 0 Å². The van der Waals surface area contributed by atoms with Crippen LogP contribution in [0.1, 0.15) is 12.6 Å². The minimum Gasteiger partial charge on any atom is -0.357 e. The van der Waals surface area contributed by atoms with Gasteiger partial charge in [0.2, 0.25) is 5.95 Å². The van der Waals surface area contributed by atoms with Gasteiger partial charge in [0.05, 0.1) is 18.6 Å². The lowest BCUT2D eigenvalue weighted by Gasteiger charge is -2.22. The van der Waals surface area contributed by atoms with E-state index in [0.29, 0.717) is 18.1 Å². The minimum atomic E-state index is 0.559. The molecule has 2 N–H and O–H groups in total. The van der Waals surface area contributed by atoms with Gasteiger partial charge in [0.1, 0.15) is 5.52 Å². The number of hydrogen-bond acceptors (Lipinski definition) is 6. The molecule has 7 heteroatoms. The van der Waals surface area contributed by atoms with Gasteiger partial charge in [-0.1, -0.05) is 6.07 Å². The Hall–Kier alpha value is -2.70. The summed E-state index contributed by atoms with van der Waals surface area (Å²) >= 11 is 0. The van der Waals surface area contributed by atoms with Gasteiger partial charge in [-0.05, 0) is 19.1 Å². The highest BCUT2D eigenvalue weighted by Crippen LogP contribution is 2.23.